The molecular formula is C12H17N3O2. The number of piperidine rings is 1. The van der Waals surface area contributed by atoms with Gasteiger partial charge in [-0.05, 0) is 32.2 Å². The lowest BCUT2D eigenvalue weighted by atomic mass is 9.97. The van der Waals surface area contributed by atoms with Crippen molar-refractivity contribution < 1.29 is 9.21 Å². The number of rotatable bonds is 1. The molecule has 2 atom stereocenters. The first kappa shape index (κ1) is 10.8. The maximum absolute atomic E-state index is 12.2. The fourth-order valence-electron chi connectivity index (χ4n) is 2.69. The van der Waals surface area contributed by atoms with Crippen molar-refractivity contribution in [1.82, 2.24) is 15.2 Å². The van der Waals surface area contributed by atoms with Crippen LogP contribution in [0.1, 0.15) is 29.3 Å². The van der Waals surface area contributed by atoms with E-state index in [1.807, 2.05) is 4.90 Å². The Balaban J connectivity index is 1.78. The van der Waals surface area contributed by atoms with Gasteiger partial charge < -0.3 is 14.6 Å². The Hall–Kier alpha value is -1.36. The highest BCUT2D eigenvalue weighted by atomic mass is 16.4. The molecule has 1 aromatic rings. The number of nitrogens with zero attached hydrogens (tertiary/aromatic N) is 2. The standard InChI is InChI=1S/C12H17N3O2/c1-8-4-14-11(17-8)12(16)15-6-9-2-3-10(7-15)13-5-9/h4,9-10,13H,2-3,5-7H2,1H3. The van der Waals surface area contributed by atoms with Gasteiger partial charge in [0.2, 0.25) is 0 Å². The summed E-state index contributed by atoms with van der Waals surface area (Å²) >= 11 is 0. The van der Waals surface area contributed by atoms with Gasteiger partial charge in [0.25, 0.3) is 5.89 Å². The quantitative estimate of drug-likeness (QED) is 0.782. The zero-order valence-corrected chi connectivity index (χ0v) is 9.98. The zero-order valence-electron chi connectivity index (χ0n) is 9.98. The monoisotopic (exact) mass is 235 g/mol. The van der Waals surface area contributed by atoms with Crippen molar-refractivity contribution in [2.24, 2.45) is 5.92 Å². The van der Waals surface area contributed by atoms with Crippen LogP contribution in [0, 0.1) is 12.8 Å². The van der Waals surface area contributed by atoms with E-state index in [0.717, 1.165) is 19.6 Å². The molecule has 0 aromatic carbocycles. The summed E-state index contributed by atoms with van der Waals surface area (Å²) in [5.41, 5.74) is 0. The third-order valence-corrected chi connectivity index (χ3v) is 3.63. The number of aryl methyl sites for hydroxylation is 1. The van der Waals surface area contributed by atoms with E-state index in [1.165, 1.54) is 12.8 Å². The Bertz CT molecular complexity index is 407. The van der Waals surface area contributed by atoms with Gasteiger partial charge in [-0.2, -0.15) is 0 Å². The number of hydrogen-bond acceptors (Lipinski definition) is 4. The van der Waals surface area contributed by atoms with E-state index in [0.29, 0.717) is 17.7 Å². The molecule has 0 radical (unpaired) electrons. The van der Waals surface area contributed by atoms with Crippen molar-refractivity contribution in [3.05, 3.63) is 17.8 Å². The van der Waals surface area contributed by atoms with Gasteiger partial charge in [0.1, 0.15) is 5.76 Å². The average Bonchev–Trinajstić information content (AvgIpc) is 2.58. The van der Waals surface area contributed by atoms with Crippen LogP contribution in [0.15, 0.2) is 10.6 Å². The normalized spacial score (nSPS) is 28.2. The topological polar surface area (TPSA) is 58.4 Å². The first-order valence-corrected chi connectivity index (χ1v) is 6.17. The van der Waals surface area contributed by atoms with E-state index in [9.17, 15) is 4.79 Å². The molecule has 4 heterocycles. The summed E-state index contributed by atoms with van der Waals surface area (Å²) in [5, 5.41) is 3.48. The average molecular weight is 235 g/mol. The SMILES string of the molecule is Cc1cnc(C(=O)N2CC3CCC(C2)NC3)o1. The van der Waals surface area contributed by atoms with Crippen molar-refractivity contribution in [3.8, 4) is 0 Å². The van der Waals surface area contributed by atoms with E-state index in [4.69, 9.17) is 4.42 Å². The molecule has 0 spiro atoms. The van der Waals surface area contributed by atoms with E-state index in [1.54, 1.807) is 13.1 Å². The van der Waals surface area contributed by atoms with Gasteiger partial charge in [-0.1, -0.05) is 0 Å². The predicted molar refractivity (Wildman–Crippen MR) is 61.7 cm³/mol. The number of oxazole rings is 1. The molecule has 4 rings (SSSR count). The third-order valence-electron chi connectivity index (χ3n) is 3.63. The highest BCUT2D eigenvalue weighted by Gasteiger charge is 2.32. The zero-order chi connectivity index (χ0) is 11.8. The lowest BCUT2D eigenvalue weighted by Gasteiger charge is -2.22. The van der Waals surface area contributed by atoms with Crippen LogP contribution in [0.4, 0.5) is 0 Å². The molecule has 1 amide bonds. The van der Waals surface area contributed by atoms with E-state index >= 15 is 0 Å². The third kappa shape index (κ3) is 2.07. The molecule has 1 N–H and O–H groups in total. The molecule has 3 aliphatic rings. The first-order chi connectivity index (χ1) is 8.22. The number of fused-ring (bicyclic) bond motifs is 4. The molecule has 5 nitrogen and oxygen atoms in total. The van der Waals surface area contributed by atoms with Crippen molar-refractivity contribution in [3.63, 3.8) is 0 Å². The summed E-state index contributed by atoms with van der Waals surface area (Å²) in [6, 6.07) is 0.439. The Morgan fingerprint density at radius 3 is 3.06 bits per heavy atom. The molecule has 3 saturated heterocycles. The Labute approximate surface area is 100 Å². The Morgan fingerprint density at radius 1 is 1.53 bits per heavy atom. The summed E-state index contributed by atoms with van der Waals surface area (Å²) in [5.74, 6) is 1.42. The van der Waals surface area contributed by atoms with Crippen molar-refractivity contribution in [1.29, 1.82) is 0 Å². The number of hydrogen-bond donors (Lipinski definition) is 1. The molecule has 92 valence electrons. The van der Waals surface area contributed by atoms with Crippen molar-refractivity contribution in [2.45, 2.75) is 25.8 Å². The smallest absolute Gasteiger partial charge is 0.309 e. The van der Waals surface area contributed by atoms with Crippen LogP contribution in [-0.4, -0.2) is 41.5 Å². The Morgan fingerprint density at radius 2 is 2.41 bits per heavy atom. The van der Waals surface area contributed by atoms with E-state index in [-0.39, 0.29) is 11.8 Å². The van der Waals surface area contributed by atoms with Crippen LogP contribution in [0.5, 0.6) is 0 Å². The van der Waals surface area contributed by atoms with Gasteiger partial charge in [-0.15, -0.1) is 0 Å². The Kier molecular flexibility index (Phi) is 2.63. The molecule has 0 aliphatic carbocycles. The molecule has 3 fully saturated rings. The van der Waals surface area contributed by atoms with E-state index < -0.39 is 0 Å². The molecular weight excluding hydrogens is 218 g/mol. The number of carbonyl (C=O) groups excluding carboxylic acids is 1. The van der Waals surface area contributed by atoms with Crippen LogP contribution < -0.4 is 5.32 Å². The highest BCUT2D eigenvalue weighted by Crippen LogP contribution is 2.22. The van der Waals surface area contributed by atoms with Crippen LogP contribution in [0.2, 0.25) is 0 Å². The van der Waals surface area contributed by atoms with Crippen LogP contribution in [0.25, 0.3) is 0 Å². The van der Waals surface area contributed by atoms with Gasteiger partial charge in [-0.25, -0.2) is 4.98 Å². The van der Waals surface area contributed by atoms with Crippen molar-refractivity contribution >= 4 is 5.91 Å². The largest absolute Gasteiger partial charge is 0.438 e. The maximum atomic E-state index is 12.2. The second-order valence-electron chi connectivity index (χ2n) is 5.03. The fourth-order valence-corrected chi connectivity index (χ4v) is 2.69. The summed E-state index contributed by atoms with van der Waals surface area (Å²) in [4.78, 5) is 18.1. The molecule has 3 aliphatic heterocycles. The van der Waals surface area contributed by atoms with Gasteiger partial charge in [0.15, 0.2) is 0 Å². The summed E-state index contributed by atoms with van der Waals surface area (Å²) in [7, 11) is 0. The number of amides is 1. The first-order valence-electron chi connectivity index (χ1n) is 6.17. The summed E-state index contributed by atoms with van der Waals surface area (Å²) < 4.78 is 5.31. The summed E-state index contributed by atoms with van der Waals surface area (Å²) in [6.07, 6.45) is 3.98. The summed E-state index contributed by atoms with van der Waals surface area (Å²) in [6.45, 7) is 4.43. The van der Waals surface area contributed by atoms with Crippen LogP contribution in [-0.2, 0) is 0 Å². The van der Waals surface area contributed by atoms with Gasteiger partial charge in [0, 0.05) is 19.1 Å². The second kappa shape index (κ2) is 4.14. The number of carbonyl (C=O) groups is 1. The molecule has 5 heteroatoms. The molecule has 1 aromatic heterocycles. The van der Waals surface area contributed by atoms with Gasteiger partial charge in [-0.3, -0.25) is 4.79 Å². The minimum Gasteiger partial charge on any atom is -0.438 e. The second-order valence-corrected chi connectivity index (χ2v) is 5.03. The number of aromatic nitrogens is 1. The fraction of sp³-hybridized carbons (Fsp3) is 0.667. The van der Waals surface area contributed by atoms with Gasteiger partial charge >= 0.3 is 5.91 Å². The van der Waals surface area contributed by atoms with Crippen LogP contribution in [0.3, 0.4) is 0 Å². The highest BCUT2D eigenvalue weighted by molar-refractivity contribution is 5.89. The molecule has 17 heavy (non-hydrogen) atoms. The van der Waals surface area contributed by atoms with Gasteiger partial charge in [0.05, 0.1) is 6.20 Å². The lowest BCUT2D eigenvalue weighted by molar-refractivity contribution is 0.0707. The minimum atomic E-state index is -0.0706. The predicted octanol–water partition coefficient (Wildman–Crippen LogP) is 0.807. The molecule has 0 saturated carbocycles. The number of nitrogens with one attached hydrogen (secondary N) is 1. The van der Waals surface area contributed by atoms with Crippen LogP contribution >= 0.6 is 0 Å². The van der Waals surface area contributed by atoms with E-state index in [2.05, 4.69) is 10.3 Å². The van der Waals surface area contributed by atoms with Crippen molar-refractivity contribution in [2.75, 3.05) is 19.6 Å². The minimum absolute atomic E-state index is 0.0706. The maximum Gasteiger partial charge on any atom is 0.309 e. The molecule has 2 bridgehead atoms. The lowest BCUT2D eigenvalue weighted by Crippen LogP contribution is -2.40. The molecule has 2 unspecified atom stereocenters.